The summed E-state index contributed by atoms with van der Waals surface area (Å²) < 4.78 is 0. The van der Waals surface area contributed by atoms with Gasteiger partial charge in [-0.25, -0.2) is 12.0 Å². The van der Waals surface area contributed by atoms with Crippen LogP contribution in [0.25, 0.3) is 0 Å². The Hall–Kier alpha value is -0.466. The van der Waals surface area contributed by atoms with E-state index in [9.17, 15) is 0 Å². The molecule has 0 bridgehead atoms. The van der Waals surface area contributed by atoms with Crippen LogP contribution < -0.4 is 0 Å². The molecule has 1 atom stereocenters. The monoisotopic (exact) mass is 311 g/mol. The number of carbonyl (C=O) groups is 1. The van der Waals surface area contributed by atoms with Crippen LogP contribution in [0.1, 0.15) is 51.9 Å². The second-order valence-electron chi connectivity index (χ2n) is 5.07. The third-order valence-electron chi connectivity index (χ3n) is 4.21. The molecule has 20 heavy (non-hydrogen) atoms. The van der Waals surface area contributed by atoms with Crippen molar-refractivity contribution in [1.29, 1.82) is 0 Å². The van der Waals surface area contributed by atoms with Gasteiger partial charge in [0.25, 0.3) is 6.47 Å². The summed E-state index contributed by atoms with van der Waals surface area (Å²) in [6.07, 6.45) is 12.2. The quantitative estimate of drug-likeness (QED) is 0.397. The number of carboxylic acid groups (broad SMARTS) is 1. The standard InChI is InChI=1S/C14H19.CH2O2.2CH3.Ti/c1-10-11-6-2-4-8-13(11)14-9-5-3-7-12(10)14;2-1-3;;;/h6,10H,2-5,7-9H2,1H3;1H,(H,2,3);2*1H3;/q-1;;2*-1;+3. The fourth-order valence-corrected chi connectivity index (χ4v) is 3.51. The smallest absolute Gasteiger partial charge is 0.483 e. The van der Waals surface area contributed by atoms with Gasteiger partial charge >= 0.3 is 21.7 Å². The van der Waals surface area contributed by atoms with Gasteiger partial charge in [-0.3, -0.25) is 4.79 Å². The SMILES string of the molecule is CC1C2=C(CCC[CH-]2)C2=C1CCCC2.O=CO.[CH3-].[CH3-].[Ti+3]. The van der Waals surface area contributed by atoms with Gasteiger partial charge in [0, 0.05) is 0 Å². The maximum absolute atomic E-state index is 8.36. The summed E-state index contributed by atoms with van der Waals surface area (Å²) in [4.78, 5) is 8.36. The van der Waals surface area contributed by atoms with E-state index in [4.69, 9.17) is 9.90 Å². The molecular formula is C17H27O2Ti. The third-order valence-corrected chi connectivity index (χ3v) is 4.21. The van der Waals surface area contributed by atoms with Crippen molar-refractivity contribution in [2.75, 3.05) is 0 Å². The average Bonchev–Trinajstić information content (AvgIpc) is 2.66. The van der Waals surface area contributed by atoms with Gasteiger partial charge in [-0.2, -0.15) is 5.57 Å². The Balaban J connectivity index is 0. The van der Waals surface area contributed by atoms with Crippen molar-refractivity contribution in [3.63, 3.8) is 0 Å². The Morgan fingerprint density at radius 1 is 1.10 bits per heavy atom. The minimum absolute atomic E-state index is 0. The molecule has 0 fully saturated rings. The fourth-order valence-electron chi connectivity index (χ4n) is 3.51. The van der Waals surface area contributed by atoms with Gasteiger partial charge in [-0.15, -0.1) is 12.0 Å². The van der Waals surface area contributed by atoms with Crippen molar-refractivity contribution >= 4 is 6.47 Å². The zero-order chi connectivity index (χ0) is 12.3. The molecular weight excluding hydrogens is 284 g/mol. The summed E-state index contributed by atoms with van der Waals surface area (Å²) in [5.74, 6) is 0.778. The Bertz CT molecular complexity index is 337. The molecule has 1 unspecified atom stereocenters. The Labute approximate surface area is 139 Å². The van der Waals surface area contributed by atoms with E-state index in [0.717, 1.165) is 5.92 Å². The summed E-state index contributed by atoms with van der Waals surface area (Å²) in [7, 11) is 0. The van der Waals surface area contributed by atoms with E-state index in [1.54, 1.807) is 22.3 Å². The molecule has 2 nitrogen and oxygen atoms in total. The molecule has 0 saturated heterocycles. The van der Waals surface area contributed by atoms with Crippen LogP contribution in [0, 0.1) is 27.2 Å². The van der Waals surface area contributed by atoms with Crippen molar-refractivity contribution in [1.82, 2.24) is 0 Å². The molecule has 0 spiro atoms. The largest absolute Gasteiger partial charge is 3.00 e. The van der Waals surface area contributed by atoms with Crippen molar-refractivity contribution in [3.8, 4) is 0 Å². The molecule has 0 saturated carbocycles. The van der Waals surface area contributed by atoms with Crippen molar-refractivity contribution < 1.29 is 31.6 Å². The molecule has 0 amide bonds. The molecule has 0 aromatic carbocycles. The van der Waals surface area contributed by atoms with Gasteiger partial charge in [0.2, 0.25) is 0 Å². The molecule has 3 rings (SSSR count). The van der Waals surface area contributed by atoms with Crippen LogP contribution in [0.5, 0.6) is 0 Å². The van der Waals surface area contributed by atoms with Crippen LogP contribution in [-0.2, 0) is 26.5 Å². The van der Waals surface area contributed by atoms with Gasteiger partial charge in [-0.05, 0) is 25.2 Å². The number of rotatable bonds is 0. The molecule has 0 aromatic heterocycles. The summed E-state index contributed by atoms with van der Waals surface area (Å²) in [5, 5.41) is 6.89. The van der Waals surface area contributed by atoms with Crippen LogP contribution >= 0.6 is 0 Å². The molecule has 0 aromatic rings. The maximum atomic E-state index is 8.36. The first-order valence-corrected chi connectivity index (χ1v) is 6.66. The maximum Gasteiger partial charge on any atom is 3.00 e. The first kappa shape index (κ1) is 21.8. The van der Waals surface area contributed by atoms with Crippen LogP contribution in [0.2, 0.25) is 0 Å². The zero-order valence-electron chi connectivity index (χ0n) is 13.0. The number of hydrogen-bond acceptors (Lipinski definition) is 1. The zero-order valence-corrected chi connectivity index (χ0v) is 14.6. The Morgan fingerprint density at radius 2 is 1.65 bits per heavy atom. The van der Waals surface area contributed by atoms with Crippen LogP contribution in [0.4, 0.5) is 0 Å². The van der Waals surface area contributed by atoms with Crippen molar-refractivity contribution in [3.05, 3.63) is 43.6 Å². The molecule has 3 aliphatic rings. The summed E-state index contributed by atoms with van der Waals surface area (Å²) >= 11 is 0. The van der Waals surface area contributed by atoms with Gasteiger partial charge in [0.15, 0.2) is 0 Å². The Kier molecular flexibility index (Phi) is 11.2. The van der Waals surface area contributed by atoms with E-state index in [0.29, 0.717) is 0 Å². The Morgan fingerprint density at radius 3 is 2.30 bits per heavy atom. The van der Waals surface area contributed by atoms with Gasteiger partial charge < -0.3 is 20.0 Å². The average molecular weight is 311 g/mol. The number of hydrogen-bond donors (Lipinski definition) is 1. The van der Waals surface area contributed by atoms with Crippen LogP contribution in [0.15, 0.2) is 22.3 Å². The van der Waals surface area contributed by atoms with E-state index >= 15 is 0 Å². The minimum atomic E-state index is -0.250. The molecule has 1 radical (unpaired) electrons. The van der Waals surface area contributed by atoms with E-state index in [1.165, 1.54) is 44.9 Å². The number of allylic oxidation sites excluding steroid dienone is 4. The first-order valence-electron chi connectivity index (χ1n) is 6.66. The fraction of sp³-hybridized carbons (Fsp3) is 0.529. The van der Waals surface area contributed by atoms with Gasteiger partial charge in [0.05, 0.1) is 0 Å². The third kappa shape index (κ3) is 4.26. The summed E-state index contributed by atoms with van der Waals surface area (Å²) in [5.41, 5.74) is 7.07. The second-order valence-corrected chi connectivity index (χ2v) is 5.07. The predicted molar refractivity (Wildman–Crippen MR) is 81.4 cm³/mol. The van der Waals surface area contributed by atoms with Gasteiger partial charge in [0.1, 0.15) is 0 Å². The van der Waals surface area contributed by atoms with Gasteiger partial charge in [-0.1, -0.05) is 31.8 Å². The predicted octanol–water partition coefficient (Wildman–Crippen LogP) is 4.79. The molecule has 111 valence electrons. The second kappa shape index (κ2) is 10.3. The summed E-state index contributed by atoms with van der Waals surface area (Å²) in [6, 6.07) is 0. The van der Waals surface area contributed by atoms with Crippen molar-refractivity contribution in [2.45, 2.75) is 51.9 Å². The normalized spacial score (nSPS) is 22.6. The summed E-state index contributed by atoms with van der Waals surface area (Å²) in [6.45, 7) is 2.17. The molecule has 3 heteroatoms. The minimum Gasteiger partial charge on any atom is -0.483 e. The first-order chi connectivity index (χ1) is 8.29. The van der Waals surface area contributed by atoms with E-state index < -0.39 is 0 Å². The van der Waals surface area contributed by atoms with E-state index in [2.05, 4.69) is 13.3 Å². The molecule has 0 heterocycles. The van der Waals surface area contributed by atoms with Crippen LogP contribution in [-0.4, -0.2) is 11.6 Å². The van der Waals surface area contributed by atoms with E-state index in [-0.39, 0.29) is 43.0 Å². The molecule has 0 aliphatic heterocycles. The molecule has 1 N–H and O–H groups in total. The van der Waals surface area contributed by atoms with E-state index in [1.807, 2.05) is 0 Å². The number of fused-ring (bicyclic) bond motifs is 1. The molecule has 3 aliphatic carbocycles. The van der Waals surface area contributed by atoms with Crippen LogP contribution in [0.3, 0.4) is 0 Å². The topological polar surface area (TPSA) is 37.3 Å². The van der Waals surface area contributed by atoms with Crippen molar-refractivity contribution in [2.24, 2.45) is 5.92 Å².